The van der Waals surface area contributed by atoms with Gasteiger partial charge >= 0.3 is 0 Å². The molecule has 0 saturated carbocycles. The van der Waals surface area contributed by atoms with E-state index in [4.69, 9.17) is 5.73 Å². The van der Waals surface area contributed by atoms with E-state index in [1.807, 2.05) is 6.92 Å². The first-order chi connectivity index (χ1) is 6.95. The second kappa shape index (κ2) is 4.94. The lowest BCUT2D eigenvalue weighted by Gasteiger charge is -2.32. The van der Waals surface area contributed by atoms with Crippen molar-refractivity contribution in [3.05, 3.63) is 0 Å². The second-order valence-electron chi connectivity index (χ2n) is 4.82. The molecule has 0 aliphatic carbocycles. The van der Waals surface area contributed by atoms with Crippen molar-refractivity contribution >= 4 is 5.91 Å². The van der Waals surface area contributed by atoms with Crippen LogP contribution in [0.1, 0.15) is 33.1 Å². The second-order valence-corrected chi connectivity index (χ2v) is 4.82. The molecule has 1 aliphatic heterocycles. The van der Waals surface area contributed by atoms with Crippen LogP contribution in [-0.4, -0.2) is 42.5 Å². The molecular formula is C11H23N3O. The highest BCUT2D eigenvalue weighted by Crippen LogP contribution is 2.11. The molecular weight excluding hydrogens is 190 g/mol. The van der Waals surface area contributed by atoms with Crippen molar-refractivity contribution in [1.29, 1.82) is 0 Å². The van der Waals surface area contributed by atoms with Crippen LogP contribution in [0.15, 0.2) is 0 Å². The number of carbonyl (C=O) groups is 1. The van der Waals surface area contributed by atoms with Crippen LogP contribution in [0, 0.1) is 0 Å². The maximum absolute atomic E-state index is 11.8. The highest BCUT2D eigenvalue weighted by atomic mass is 16.2. The number of nitrogens with one attached hydrogen (secondary N) is 1. The zero-order valence-electron chi connectivity index (χ0n) is 10.0. The molecule has 1 rings (SSSR count). The molecule has 1 heterocycles. The Balaban J connectivity index is 2.39. The molecule has 3 N–H and O–H groups in total. The zero-order chi connectivity index (χ0) is 11.5. The third-order valence-corrected chi connectivity index (χ3v) is 3.31. The Morgan fingerprint density at radius 3 is 2.53 bits per heavy atom. The van der Waals surface area contributed by atoms with Gasteiger partial charge in [-0.25, -0.2) is 0 Å². The lowest BCUT2D eigenvalue weighted by atomic mass is 9.97. The first-order valence-electron chi connectivity index (χ1n) is 5.74. The number of nitrogens with zero attached hydrogens (tertiary/aromatic N) is 1. The maximum Gasteiger partial charge on any atom is 0.240 e. The average Bonchev–Trinajstić information content (AvgIpc) is 2.21. The van der Waals surface area contributed by atoms with Crippen LogP contribution in [0.2, 0.25) is 0 Å². The van der Waals surface area contributed by atoms with Crippen molar-refractivity contribution in [2.75, 3.05) is 20.1 Å². The van der Waals surface area contributed by atoms with Gasteiger partial charge < -0.3 is 16.0 Å². The SMILES string of the molecule is CCC(C)(N)C(=O)NC1CCN(C)CC1. The number of hydrogen-bond donors (Lipinski definition) is 2. The predicted molar refractivity (Wildman–Crippen MR) is 61.5 cm³/mol. The Bertz CT molecular complexity index is 220. The molecule has 1 amide bonds. The van der Waals surface area contributed by atoms with E-state index < -0.39 is 5.54 Å². The summed E-state index contributed by atoms with van der Waals surface area (Å²) in [6, 6.07) is 0.308. The van der Waals surface area contributed by atoms with Gasteiger partial charge in [0.1, 0.15) is 0 Å². The molecule has 0 aromatic rings. The third kappa shape index (κ3) is 3.47. The Morgan fingerprint density at radius 2 is 2.07 bits per heavy atom. The van der Waals surface area contributed by atoms with Gasteiger partial charge in [-0.3, -0.25) is 4.79 Å². The lowest BCUT2D eigenvalue weighted by Crippen LogP contribution is -2.55. The summed E-state index contributed by atoms with van der Waals surface area (Å²) >= 11 is 0. The van der Waals surface area contributed by atoms with Gasteiger partial charge in [-0.2, -0.15) is 0 Å². The van der Waals surface area contributed by atoms with Gasteiger partial charge in [-0.05, 0) is 46.3 Å². The molecule has 0 radical (unpaired) electrons. The summed E-state index contributed by atoms with van der Waals surface area (Å²) in [6.07, 6.45) is 2.73. The fraction of sp³-hybridized carbons (Fsp3) is 0.909. The molecule has 15 heavy (non-hydrogen) atoms. The number of amides is 1. The van der Waals surface area contributed by atoms with Crippen LogP contribution >= 0.6 is 0 Å². The van der Waals surface area contributed by atoms with Crippen molar-refractivity contribution < 1.29 is 4.79 Å². The standard InChI is InChI=1S/C11H23N3O/c1-4-11(2,12)10(15)13-9-5-7-14(3)8-6-9/h9H,4-8,12H2,1-3H3,(H,13,15). The predicted octanol–water partition coefficient (Wildman–Crippen LogP) is 0.324. The number of carbonyl (C=O) groups excluding carboxylic acids is 1. The first-order valence-corrected chi connectivity index (χ1v) is 5.74. The van der Waals surface area contributed by atoms with Crippen LogP contribution < -0.4 is 11.1 Å². The lowest BCUT2D eigenvalue weighted by molar-refractivity contribution is -0.126. The van der Waals surface area contributed by atoms with Crippen LogP contribution in [0.4, 0.5) is 0 Å². The third-order valence-electron chi connectivity index (χ3n) is 3.31. The smallest absolute Gasteiger partial charge is 0.240 e. The number of rotatable bonds is 3. The highest BCUT2D eigenvalue weighted by Gasteiger charge is 2.28. The molecule has 0 aromatic carbocycles. The molecule has 1 aliphatic rings. The Morgan fingerprint density at radius 1 is 1.53 bits per heavy atom. The quantitative estimate of drug-likeness (QED) is 0.710. The number of nitrogens with two attached hydrogens (primary N) is 1. The van der Waals surface area contributed by atoms with Crippen molar-refractivity contribution in [1.82, 2.24) is 10.2 Å². The van der Waals surface area contributed by atoms with E-state index in [0.29, 0.717) is 12.5 Å². The average molecular weight is 213 g/mol. The molecule has 1 saturated heterocycles. The highest BCUT2D eigenvalue weighted by molar-refractivity contribution is 5.85. The summed E-state index contributed by atoms with van der Waals surface area (Å²) in [5, 5.41) is 3.04. The van der Waals surface area contributed by atoms with Gasteiger partial charge in [-0.1, -0.05) is 6.92 Å². The number of hydrogen-bond acceptors (Lipinski definition) is 3. The Labute approximate surface area is 92.2 Å². The van der Waals surface area contributed by atoms with E-state index >= 15 is 0 Å². The summed E-state index contributed by atoms with van der Waals surface area (Å²) in [5.41, 5.74) is 5.16. The normalized spacial score (nSPS) is 23.5. The van der Waals surface area contributed by atoms with Gasteiger partial charge in [-0.15, -0.1) is 0 Å². The van der Waals surface area contributed by atoms with E-state index in [9.17, 15) is 4.79 Å². The fourth-order valence-corrected chi connectivity index (χ4v) is 1.66. The summed E-state index contributed by atoms with van der Waals surface area (Å²) in [7, 11) is 2.11. The summed E-state index contributed by atoms with van der Waals surface area (Å²) in [4.78, 5) is 14.1. The van der Waals surface area contributed by atoms with Gasteiger partial charge in [0, 0.05) is 6.04 Å². The summed E-state index contributed by atoms with van der Waals surface area (Å²) in [5.74, 6) is -0.0143. The van der Waals surface area contributed by atoms with E-state index in [0.717, 1.165) is 25.9 Å². The fourth-order valence-electron chi connectivity index (χ4n) is 1.66. The molecule has 1 unspecified atom stereocenters. The van der Waals surface area contributed by atoms with Crippen molar-refractivity contribution in [2.45, 2.75) is 44.7 Å². The van der Waals surface area contributed by atoms with E-state index in [1.54, 1.807) is 6.92 Å². The minimum atomic E-state index is -0.719. The number of likely N-dealkylation sites (tertiary alicyclic amines) is 1. The topological polar surface area (TPSA) is 58.4 Å². The van der Waals surface area contributed by atoms with Crippen LogP contribution in [-0.2, 0) is 4.79 Å². The molecule has 4 heteroatoms. The summed E-state index contributed by atoms with van der Waals surface area (Å²) in [6.45, 7) is 5.84. The van der Waals surface area contributed by atoms with Crippen LogP contribution in [0.5, 0.6) is 0 Å². The molecule has 0 aromatic heterocycles. The first kappa shape index (κ1) is 12.5. The van der Waals surface area contributed by atoms with E-state index in [1.165, 1.54) is 0 Å². The van der Waals surface area contributed by atoms with E-state index in [-0.39, 0.29) is 5.91 Å². The summed E-state index contributed by atoms with van der Waals surface area (Å²) < 4.78 is 0. The van der Waals surface area contributed by atoms with Crippen LogP contribution in [0.25, 0.3) is 0 Å². The maximum atomic E-state index is 11.8. The molecule has 88 valence electrons. The number of piperidine rings is 1. The molecule has 0 spiro atoms. The monoisotopic (exact) mass is 213 g/mol. The van der Waals surface area contributed by atoms with Gasteiger partial charge in [0.2, 0.25) is 5.91 Å². The largest absolute Gasteiger partial charge is 0.352 e. The Kier molecular flexibility index (Phi) is 4.11. The zero-order valence-corrected chi connectivity index (χ0v) is 10.0. The van der Waals surface area contributed by atoms with E-state index in [2.05, 4.69) is 17.3 Å². The van der Waals surface area contributed by atoms with Crippen LogP contribution in [0.3, 0.4) is 0 Å². The minimum absolute atomic E-state index is 0.0143. The molecule has 1 fully saturated rings. The van der Waals surface area contributed by atoms with Gasteiger partial charge in [0.15, 0.2) is 0 Å². The molecule has 4 nitrogen and oxygen atoms in total. The van der Waals surface area contributed by atoms with Crippen molar-refractivity contribution in [2.24, 2.45) is 5.73 Å². The molecule has 1 atom stereocenters. The Hall–Kier alpha value is -0.610. The van der Waals surface area contributed by atoms with Gasteiger partial charge in [0.05, 0.1) is 5.54 Å². The van der Waals surface area contributed by atoms with Gasteiger partial charge in [0.25, 0.3) is 0 Å². The van der Waals surface area contributed by atoms with Crippen molar-refractivity contribution in [3.8, 4) is 0 Å². The molecule has 0 bridgehead atoms. The minimum Gasteiger partial charge on any atom is -0.352 e. The van der Waals surface area contributed by atoms with Crippen molar-refractivity contribution in [3.63, 3.8) is 0 Å².